The van der Waals surface area contributed by atoms with Crippen molar-refractivity contribution in [3.8, 4) is 0 Å². The second kappa shape index (κ2) is 13.2. The van der Waals surface area contributed by atoms with Crippen LogP contribution in [0.1, 0.15) is 48.5 Å². The molecule has 0 radical (unpaired) electrons. The van der Waals surface area contributed by atoms with Gasteiger partial charge in [-0.05, 0) is 76.0 Å². The Morgan fingerprint density at radius 2 is 1.64 bits per heavy atom. The van der Waals surface area contributed by atoms with E-state index in [-0.39, 0.29) is 18.0 Å². The highest BCUT2D eigenvalue weighted by molar-refractivity contribution is 5.98. The van der Waals surface area contributed by atoms with E-state index in [1.807, 2.05) is 87.4 Å². The molecule has 0 spiro atoms. The minimum atomic E-state index is -0.943. The van der Waals surface area contributed by atoms with E-state index >= 15 is 0 Å². The van der Waals surface area contributed by atoms with Crippen LogP contribution >= 0.6 is 0 Å². The molecule has 234 valence electrons. The molecule has 3 amide bonds. The summed E-state index contributed by atoms with van der Waals surface area (Å²) in [5, 5.41) is 30.7. The van der Waals surface area contributed by atoms with Crippen LogP contribution in [0.25, 0.3) is 0 Å². The Labute approximate surface area is 263 Å². The Balaban J connectivity index is 1.22. The zero-order chi connectivity index (χ0) is 32.1. The summed E-state index contributed by atoms with van der Waals surface area (Å²) in [6.07, 6.45) is 0.257. The highest BCUT2D eigenvalue weighted by atomic mass is 16.3. The minimum Gasteiger partial charge on any atom is -0.369 e. The van der Waals surface area contributed by atoms with Crippen LogP contribution in [-0.2, 0) is 16.9 Å². The first-order chi connectivity index (χ1) is 21.5. The Morgan fingerprint density at radius 1 is 1.00 bits per heavy atom. The molecule has 1 aliphatic rings. The number of urea groups is 1. The average molecular weight is 609 g/mol. The number of amides is 3. The van der Waals surface area contributed by atoms with E-state index < -0.39 is 11.8 Å². The zero-order valence-electron chi connectivity index (χ0n) is 26.0. The lowest BCUT2D eigenvalue weighted by molar-refractivity contribution is -0.111. The molecule has 45 heavy (non-hydrogen) atoms. The van der Waals surface area contributed by atoms with Gasteiger partial charge in [0.05, 0.1) is 23.8 Å². The molecule has 11 heteroatoms. The molecule has 0 saturated carbocycles. The van der Waals surface area contributed by atoms with Crippen molar-refractivity contribution >= 4 is 34.8 Å². The third kappa shape index (κ3) is 7.17. The number of carbonyl (C=O) groups is 2. The van der Waals surface area contributed by atoms with E-state index in [9.17, 15) is 14.7 Å². The quantitative estimate of drug-likeness (QED) is 0.0985. The number of hydrogen-bond donors (Lipinski definition) is 6. The second-order valence-corrected chi connectivity index (χ2v) is 11.8. The smallest absolute Gasteiger partial charge is 0.319 e. The first-order valence-corrected chi connectivity index (χ1v) is 14.8. The van der Waals surface area contributed by atoms with Gasteiger partial charge in [-0.25, -0.2) is 4.79 Å². The molecule has 0 fully saturated rings. The molecule has 3 aromatic carbocycles. The van der Waals surface area contributed by atoms with Crippen LogP contribution in [0, 0.1) is 0 Å². The SMILES string of the molecule is C=CC(=O)Nc1ccc(C(O)Nc2ccc(Nc3n[nH]c4c3CN(C(=O)N[C@H](CN(C)C)c3ccccc3)C4(C)C)cc2)cc1. The van der Waals surface area contributed by atoms with Crippen LogP contribution in [0.3, 0.4) is 0 Å². The number of rotatable bonds is 11. The van der Waals surface area contributed by atoms with Crippen molar-refractivity contribution in [2.24, 2.45) is 0 Å². The number of hydrogen-bond acceptors (Lipinski definition) is 7. The van der Waals surface area contributed by atoms with Gasteiger partial charge >= 0.3 is 6.03 Å². The molecule has 1 unspecified atom stereocenters. The number of carbonyl (C=O) groups excluding carboxylic acids is 2. The summed E-state index contributed by atoms with van der Waals surface area (Å²) in [4.78, 5) is 29.0. The standard InChI is InChI=1S/C34H40N8O3/c1-6-29(43)35-24-14-12-23(13-15-24)32(44)37-26-18-16-25(17-19-26)36-31-27-20-42(34(2,3)30(27)39-40-31)33(45)38-28(21-41(4)5)22-10-8-7-9-11-22/h6-19,28,32,37,44H,1,20-21H2,2-5H3,(H,35,43)(H,38,45)(H2,36,39,40)/t28-,32?/m1/s1. The molecule has 6 N–H and O–H groups in total. The summed E-state index contributed by atoms with van der Waals surface area (Å²) in [6, 6.07) is 24.1. The van der Waals surface area contributed by atoms with Gasteiger partial charge in [-0.15, -0.1) is 0 Å². The summed E-state index contributed by atoms with van der Waals surface area (Å²) >= 11 is 0. The van der Waals surface area contributed by atoms with Crippen LogP contribution < -0.4 is 21.3 Å². The van der Waals surface area contributed by atoms with E-state index in [1.165, 1.54) is 6.08 Å². The van der Waals surface area contributed by atoms with E-state index in [1.54, 1.807) is 24.3 Å². The van der Waals surface area contributed by atoms with Gasteiger partial charge in [-0.1, -0.05) is 49.0 Å². The molecule has 0 bridgehead atoms. The van der Waals surface area contributed by atoms with Crippen molar-refractivity contribution in [2.45, 2.75) is 38.2 Å². The van der Waals surface area contributed by atoms with Gasteiger partial charge in [0, 0.05) is 34.7 Å². The van der Waals surface area contributed by atoms with E-state index in [0.717, 1.165) is 28.2 Å². The number of H-pyrrole nitrogens is 1. The predicted octanol–water partition coefficient (Wildman–Crippen LogP) is 5.44. The van der Waals surface area contributed by atoms with Gasteiger partial charge in [-0.2, -0.15) is 5.10 Å². The first kappa shape index (κ1) is 31.3. The van der Waals surface area contributed by atoms with Crippen molar-refractivity contribution in [3.05, 3.63) is 114 Å². The fraction of sp³-hybridized carbons (Fsp3) is 0.265. The number of aliphatic hydroxyl groups is 1. The molecule has 5 rings (SSSR count). The molecular weight excluding hydrogens is 568 g/mol. The zero-order valence-corrected chi connectivity index (χ0v) is 26.0. The number of aliphatic hydroxyl groups excluding tert-OH is 1. The number of benzene rings is 3. The van der Waals surface area contributed by atoms with Gasteiger partial charge in [0.1, 0.15) is 0 Å². The van der Waals surface area contributed by atoms with Crippen LogP contribution in [0.5, 0.6) is 0 Å². The molecular formula is C34H40N8O3. The van der Waals surface area contributed by atoms with E-state index in [2.05, 4.69) is 42.9 Å². The molecule has 4 aromatic rings. The molecule has 0 aliphatic carbocycles. The van der Waals surface area contributed by atoms with Crippen molar-refractivity contribution in [3.63, 3.8) is 0 Å². The molecule has 1 aromatic heterocycles. The van der Waals surface area contributed by atoms with E-state index in [4.69, 9.17) is 0 Å². The normalized spacial score (nSPS) is 14.8. The number of likely N-dealkylation sites (N-methyl/N-ethyl adjacent to an activating group) is 1. The number of anilines is 4. The molecule has 0 saturated heterocycles. The van der Waals surface area contributed by atoms with Gasteiger partial charge in [0.15, 0.2) is 12.0 Å². The molecule has 2 atom stereocenters. The van der Waals surface area contributed by atoms with Gasteiger partial charge in [-0.3, -0.25) is 9.89 Å². The summed E-state index contributed by atoms with van der Waals surface area (Å²) < 4.78 is 0. The third-order valence-electron chi connectivity index (χ3n) is 7.89. The molecule has 11 nitrogen and oxygen atoms in total. The topological polar surface area (TPSA) is 138 Å². The fourth-order valence-electron chi connectivity index (χ4n) is 5.43. The van der Waals surface area contributed by atoms with Gasteiger partial charge in [0.2, 0.25) is 5.91 Å². The Hall–Kier alpha value is -5.13. The van der Waals surface area contributed by atoms with Crippen molar-refractivity contribution in [2.75, 3.05) is 36.6 Å². The third-order valence-corrected chi connectivity index (χ3v) is 7.89. The summed E-state index contributed by atoms with van der Waals surface area (Å²) in [5.41, 5.74) is 5.08. The lowest BCUT2D eigenvalue weighted by atomic mass is 10.0. The Morgan fingerprint density at radius 3 is 2.29 bits per heavy atom. The largest absolute Gasteiger partial charge is 0.369 e. The lowest BCUT2D eigenvalue weighted by Crippen LogP contribution is -2.48. The van der Waals surface area contributed by atoms with Crippen LogP contribution in [0.4, 0.5) is 27.7 Å². The van der Waals surface area contributed by atoms with Crippen LogP contribution in [0.2, 0.25) is 0 Å². The molecule has 1 aliphatic heterocycles. The lowest BCUT2D eigenvalue weighted by Gasteiger charge is -2.34. The highest BCUT2D eigenvalue weighted by Crippen LogP contribution is 2.41. The van der Waals surface area contributed by atoms with Gasteiger partial charge < -0.3 is 36.2 Å². The monoisotopic (exact) mass is 608 g/mol. The number of nitrogens with one attached hydrogen (secondary N) is 5. The maximum Gasteiger partial charge on any atom is 0.319 e. The van der Waals surface area contributed by atoms with E-state index in [0.29, 0.717) is 30.2 Å². The summed E-state index contributed by atoms with van der Waals surface area (Å²) in [6.45, 7) is 8.55. The van der Waals surface area contributed by atoms with Crippen molar-refractivity contribution in [1.29, 1.82) is 0 Å². The van der Waals surface area contributed by atoms with Crippen LogP contribution in [0.15, 0.2) is 91.5 Å². The van der Waals surface area contributed by atoms with Crippen molar-refractivity contribution < 1.29 is 14.7 Å². The number of fused-ring (bicyclic) bond motifs is 1. The van der Waals surface area contributed by atoms with Gasteiger partial charge in [0.25, 0.3) is 0 Å². The van der Waals surface area contributed by atoms with Crippen LogP contribution in [-0.4, -0.2) is 57.7 Å². The highest BCUT2D eigenvalue weighted by Gasteiger charge is 2.44. The predicted molar refractivity (Wildman–Crippen MR) is 177 cm³/mol. The Kier molecular flexibility index (Phi) is 9.21. The summed E-state index contributed by atoms with van der Waals surface area (Å²) in [7, 11) is 3.99. The first-order valence-electron chi connectivity index (χ1n) is 14.8. The minimum absolute atomic E-state index is 0.142. The molecule has 2 heterocycles. The maximum absolute atomic E-state index is 13.7. The van der Waals surface area contributed by atoms with Crippen molar-refractivity contribution in [1.82, 2.24) is 25.3 Å². The fourth-order valence-corrected chi connectivity index (χ4v) is 5.43. The number of nitrogens with zero attached hydrogens (tertiary/aromatic N) is 3. The Bertz CT molecular complexity index is 1630. The average Bonchev–Trinajstić information content (AvgIpc) is 3.55. The second-order valence-electron chi connectivity index (χ2n) is 11.8. The number of aromatic amines is 1. The summed E-state index contributed by atoms with van der Waals surface area (Å²) in [5.74, 6) is 0.361. The number of aromatic nitrogens is 2. The maximum atomic E-state index is 13.7.